The number of aryl methyl sites for hydroxylation is 1. The van der Waals surface area contributed by atoms with Crippen LogP contribution in [0.1, 0.15) is 35.3 Å². The average Bonchev–Trinajstić information content (AvgIpc) is 2.07. The maximum absolute atomic E-state index is 11.1. The quantitative estimate of drug-likeness (QED) is 0.782. The third-order valence-corrected chi connectivity index (χ3v) is 2.21. The number of nitrogens with two attached hydrogens (primary N) is 1. The van der Waals surface area contributed by atoms with Crippen LogP contribution < -0.4 is 5.73 Å². The van der Waals surface area contributed by atoms with E-state index in [-0.39, 0.29) is 5.91 Å². The molecule has 2 N–H and O–H groups in total. The highest BCUT2D eigenvalue weighted by atomic mass is 16.1. The van der Waals surface area contributed by atoms with Crippen molar-refractivity contribution >= 4 is 5.91 Å². The summed E-state index contributed by atoms with van der Waals surface area (Å²) >= 11 is 0. The van der Waals surface area contributed by atoms with Gasteiger partial charge in [-0.1, -0.05) is 26.0 Å². The first-order valence-corrected chi connectivity index (χ1v) is 4.90. The minimum absolute atomic E-state index is 0.340. The Morgan fingerprint density at radius 1 is 1.43 bits per heavy atom. The monoisotopic (exact) mass is 191 g/mol. The van der Waals surface area contributed by atoms with Gasteiger partial charge in [-0.15, -0.1) is 0 Å². The zero-order chi connectivity index (χ0) is 10.7. The van der Waals surface area contributed by atoms with Gasteiger partial charge in [0.2, 0.25) is 5.91 Å². The molecule has 2 nitrogen and oxygen atoms in total. The van der Waals surface area contributed by atoms with Gasteiger partial charge in [0, 0.05) is 5.56 Å². The number of hydrogen-bond acceptors (Lipinski definition) is 1. The largest absolute Gasteiger partial charge is 0.366 e. The Morgan fingerprint density at radius 3 is 2.57 bits per heavy atom. The summed E-state index contributed by atoms with van der Waals surface area (Å²) in [7, 11) is 0. The fourth-order valence-electron chi connectivity index (χ4n) is 1.53. The lowest BCUT2D eigenvalue weighted by atomic mass is 9.98. The molecule has 0 aliphatic heterocycles. The van der Waals surface area contributed by atoms with Crippen molar-refractivity contribution in [3.8, 4) is 0 Å². The van der Waals surface area contributed by atoms with Crippen LogP contribution in [0, 0.1) is 12.8 Å². The van der Waals surface area contributed by atoms with E-state index in [9.17, 15) is 4.79 Å². The fourth-order valence-corrected chi connectivity index (χ4v) is 1.53. The van der Waals surface area contributed by atoms with E-state index < -0.39 is 0 Å². The van der Waals surface area contributed by atoms with Gasteiger partial charge in [0.15, 0.2) is 0 Å². The lowest BCUT2D eigenvalue weighted by molar-refractivity contribution is 0.0999. The Balaban J connectivity index is 3.00. The lowest BCUT2D eigenvalue weighted by Gasteiger charge is -2.08. The molecule has 0 heterocycles. The average molecular weight is 191 g/mol. The van der Waals surface area contributed by atoms with Gasteiger partial charge in [0.1, 0.15) is 0 Å². The van der Waals surface area contributed by atoms with Crippen molar-refractivity contribution in [2.75, 3.05) is 0 Å². The molecule has 0 radical (unpaired) electrons. The fraction of sp³-hybridized carbons (Fsp3) is 0.417. The molecule has 76 valence electrons. The highest BCUT2D eigenvalue weighted by Gasteiger charge is 2.06. The Bertz CT molecular complexity index is 342. The predicted molar refractivity (Wildman–Crippen MR) is 58.2 cm³/mol. The highest BCUT2D eigenvalue weighted by Crippen LogP contribution is 2.13. The van der Waals surface area contributed by atoms with Crippen molar-refractivity contribution in [1.29, 1.82) is 0 Å². The summed E-state index contributed by atoms with van der Waals surface area (Å²) < 4.78 is 0. The van der Waals surface area contributed by atoms with Crippen LogP contribution in [0.15, 0.2) is 18.2 Å². The van der Waals surface area contributed by atoms with Crippen molar-refractivity contribution in [2.45, 2.75) is 27.2 Å². The van der Waals surface area contributed by atoms with Crippen LogP contribution in [0.25, 0.3) is 0 Å². The van der Waals surface area contributed by atoms with E-state index in [0.717, 1.165) is 12.0 Å². The number of primary amides is 1. The number of carbonyl (C=O) groups is 1. The summed E-state index contributed by atoms with van der Waals surface area (Å²) in [5.41, 5.74) is 8.05. The van der Waals surface area contributed by atoms with E-state index in [0.29, 0.717) is 11.5 Å². The second-order valence-electron chi connectivity index (χ2n) is 4.11. The predicted octanol–water partition coefficient (Wildman–Crippen LogP) is 2.29. The molecule has 0 saturated carbocycles. The first kappa shape index (κ1) is 10.8. The van der Waals surface area contributed by atoms with Gasteiger partial charge in [-0.05, 0) is 36.5 Å². The molecule has 1 rings (SSSR count). The van der Waals surface area contributed by atoms with E-state index in [1.807, 2.05) is 19.1 Å². The molecule has 0 aliphatic rings. The molecular weight excluding hydrogens is 174 g/mol. The molecule has 0 aliphatic carbocycles. The van der Waals surface area contributed by atoms with E-state index in [2.05, 4.69) is 19.9 Å². The highest BCUT2D eigenvalue weighted by molar-refractivity contribution is 5.94. The number of carbonyl (C=O) groups excluding carboxylic acids is 1. The Morgan fingerprint density at radius 2 is 2.07 bits per heavy atom. The molecule has 0 unspecified atom stereocenters. The molecule has 1 aromatic rings. The van der Waals surface area contributed by atoms with Crippen LogP contribution in [0.2, 0.25) is 0 Å². The van der Waals surface area contributed by atoms with Crippen molar-refractivity contribution in [3.05, 3.63) is 34.9 Å². The van der Waals surface area contributed by atoms with Crippen molar-refractivity contribution < 1.29 is 4.79 Å². The summed E-state index contributed by atoms with van der Waals surface area (Å²) in [5, 5.41) is 0. The summed E-state index contributed by atoms with van der Waals surface area (Å²) in [6.45, 7) is 6.22. The number of amides is 1. The lowest BCUT2D eigenvalue weighted by Crippen LogP contribution is -2.13. The zero-order valence-electron chi connectivity index (χ0n) is 9.00. The topological polar surface area (TPSA) is 43.1 Å². The number of hydrogen-bond donors (Lipinski definition) is 1. The third-order valence-electron chi connectivity index (χ3n) is 2.21. The van der Waals surface area contributed by atoms with Crippen LogP contribution in [-0.4, -0.2) is 5.91 Å². The summed E-state index contributed by atoms with van der Waals surface area (Å²) in [5.74, 6) is 0.256. The van der Waals surface area contributed by atoms with Gasteiger partial charge >= 0.3 is 0 Å². The molecule has 0 fully saturated rings. The standard InChI is InChI=1S/C12H17NO/c1-8(2)6-10-5-4-9(3)11(7-10)12(13)14/h4-5,7-8H,6H2,1-3H3,(H2,13,14). The molecular formula is C12H17NO. The Hall–Kier alpha value is -1.31. The van der Waals surface area contributed by atoms with Gasteiger partial charge in [0.05, 0.1) is 0 Å². The maximum atomic E-state index is 11.1. The SMILES string of the molecule is Cc1ccc(CC(C)C)cc1C(N)=O. The Kier molecular flexibility index (Phi) is 3.28. The normalized spacial score (nSPS) is 10.6. The van der Waals surface area contributed by atoms with Crippen LogP contribution in [0.3, 0.4) is 0 Å². The molecule has 0 aromatic heterocycles. The van der Waals surface area contributed by atoms with Gasteiger partial charge in [-0.3, -0.25) is 4.79 Å². The molecule has 0 atom stereocenters. The summed E-state index contributed by atoms with van der Waals surface area (Å²) in [6.07, 6.45) is 0.987. The third kappa shape index (κ3) is 2.59. The van der Waals surface area contributed by atoms with Gasteiger partial charge in [0.25, 0.3) is 0 Å². The van der Waals surface area contributed by atoms with Crippen LogP contribution in [0.5, 0.6) is 0 Å². The second kappa shape index (κ2) is 4.27. The van der Waals surface area contributed by atoms with Crippen LogP contribution >= 0.6 is 0 Å². The first-order chi connectivity index (χ1) is 6.50. The zero-order valence-corrected chi connectivity index (χ0v) is 9.00. The van der Waals surface area contributed by atoms with Crippen molar-refractivity contribution in [2.24, 2.45) is 11.7 Å². The van der Waals surface area contributed by atoms with Gasteiger partial charge < -0.3 is 5.73 Å². The summed E-state index contributed by atoms with van der Waals surface area (Å²) in [6, 6.07) is 5.91. The summed E-state index contributed by atoms with van der Waals surface area (Å²) in [4.78, 5) is 11.1. The first-order valence-electron chi connectivity index (χ1n) is 4.90. The van der Waals surface area contributed by atoms with Crippen molar-refractivity contribution in [3.63, 3.8) is 0 Å². The molecule has 0 saturated heterocycles. The van der Waals surface area contributed by atoms with E-state index in [1.165, 1.54) is 5.56 Å². The molecule has 2 heteroatoms. The van der Waals surface area contributed by atoms with E-state index >= 15 is 0 Å². The minimum atomic E-state index is -0.340. The molecule has 0 spiro atoms. The minimum Gasteiger partial charge on any atom is -0.366 e. The Labute approximate surface area is 85.1 Å². The molecule has 0 bridgehead atoms. The van der Waals surface area contributed by atoms with Crippen LogP contribution in [0.4, 0.5) is 0 Å². The van der Waals surface area contributed by atoms with Crippen LogP contribution in [-0.2, 0) is 6.42 Å². The molecule has 14 heavy (non-hydrogen) atoms. The maximum Gasteiger partial charge on any atom is 0.248 e. The van der Waals surface area contributed by atoms with Gasteiger partial charge in [-0.2, -0.15) is 0 Å². The molecule has 1 amide bonds. The molecule has 1 aromatic carbocycles. The second-order valence-corrected chi connectivity index (χ2v) is 4.11. The van der Waals surface area contributed by atoms with E-state index in [1.54, 1.807) is 0 Å². The number of benzene rings is 1. The van der Waals surface area contributed by atoms with E-state index in [4.69, 9.17) is 5.73 Å². The number of rotatable bonds is 3. The smallest absolute Gasteiger partial charge is 0.248 e. The van der Waals surface area contributed by atoms with Gasteiger partial charge in [-0.25, -0.2) is 0 Å². The van der Waals surface area contributed by atoms with Crippen molar-refractivity contribution in [1.82, 2.24) is 0 Å².